The molecule has 0 N–H and O–H groups in total. The Balaban J connectivity index is 1.34. The maximum atomic E-state index is 12.7. The number of piperazine rings is 1. The van der Waals surface area contributed by atoms with Gasteiger partial charge in [0.15, 0.2) is 0 Å². The molecule has 0 unspecified atom stereocenters. The molecule has 1 fully saturated rings. The van der Waals surface area contributed by atoms with Gasteiger partial charge in [-0.1, -0.05) is 18.2 Å². The van der Waals surface area contributed by atoms with Gasteiger partial charge < -0.3 is 4.90 Å². The Bertz CT molecular complexity index is 886. The number of rotatable bonds is 4. The molecule has 1 aromatic carbocycles. The van der Waals surface area contributed by atoms with Crippen LogP contribution >= 0.6 is 38.6 Å². The van der Waals surface area contributed by atoms with Gasteiger partial charge in [0.2, 0.25) is 0 Å². The topological polar surface area (TPSA) is 36.4 Å². The number of benzene rings is 1. The number of thiazole rings is 1. The number of carbonyl (C=O) groups excluding carboxylic acids is 1. The molecule has 1 aliphatic rings. The second-order valence-corrected chi connectivity index (χ2v) is 8.90. The maximum absolute atomic E-state index is 12.7. The van der Waals surface area contributed by atoms with Crippen LogP contribution in [0.5, 0.6) is 0 Å². The predicted octanol–water partition coefficient (Wildman–Crippen LogP) is 4.59. The van der Waals surface area contributed by atoms with E-state index in [0.29, 0.717) is 0 Å². The van der Waals surface area contributed by atoms with Gasteiger partial charge in [0, 0.05) is 36.0 Å². The molecule has 0 aliphatic carbocycles. The molecule has 7 heteroatoms. The fourth-order valence-electron chi connectivity index (χ4n) is 3.03. The quantitative estimate of drug-likeness (QED) is 0.586. The van der Waals surface area contributed by atoms with Gasteiger partial charge >= 0.3 is 0 Å². The Morgan fingerprint density at radius 1 is 1.08 bits per heavy atom. The van der Waals surface area contributed by atoms with Crippen LogP contribution in [0.4, 0.5) is 0 Å². The van der Waals surface area contributed by atoms with Gasteiger partial charge in [-0.3, -0.25) is 9.69 Å². The standard InChI is InChI=1S/C19H18BrN3OS2/c20-15-5-2-1-4-14(15)19(24)23-9-7-22(8-10-23)12-18-21-16(13-26-18)17-6-3-11-25-17/h1-6,11,13H,7-10,12H2. The first kappa shape index (κ1) is 17.9. The van der Waals surface area contributed by atoms with Crippen LogP contribution in [-0.4, -0.2) is 46.9 Å². The van der Waals surface area contributed by atoms with E-state index < -0.39 is 0 Å². The second kappa shape index (κ2) is 8.00. The molecule has 1 aliphatic heterocycles. The van der Waals surface area contributed by atoms with Crippen molar-refractivity contribution >= 4 is 44.5 Å². The minimum absolute atomic E-state index is 0.103. The smallest absolute Gasteiger partial charge is 0.255 e. The Morgan fingerprint density at radius 3 is 2.62 bits per heavy atom. The van der Waals surface area contributed by atoms with E-state index in [1.165, 1.54) is 4.88 Å². The molecule has 0 radical (unpaired) electrons. The highest BCUT2D eigenvalue weighted by Gasteiger charge is 2.23. The molecular weight excluding hydrogens is 430 g/mol. The lowest BCUT2D eigenvalue weighted by Gasteiger charge is -2.34. The summed E-state index contributed by atoms with van der Waals surface area (Å²) in [4.78, 5) is 23.0. The van der Waals surface area contributed by atoms with Crippen molar-refractivity contribution in [2.24, 2.45) is 0 Å². The van der Waals surface area contributed by atoms with Crippen LogP contribution in [0.1, 0.15) is 15.4 Å². The minimum Gasteiger partial charge on any atom is -0.336 e. The molecule has 0 atom stereocenters. The molecule has 3 heterocycles. The summed E-state index contributed by atoms with van der Waals surface area (Å²) < 4.78 is 0.858. The Labute approximate surface area is 169 Å². The summed E-state index contributed by atoms with van der Waals surface area (Å²) in [5.74, 6) is 0.103. The van der Waals surface area contributed by atoms with Crippen molar-refractivity contribution in [2.45, 2.75) is 6.54 Å². The predicted molar refractivity (Wildman–Crippen MR) is 111 cm³/mol. The van der Waals surface area contributed by atoms with Crippen molar-refractivity contribution in [1.82, 2.24) is 14.8 Å². The Morgan fingerprint density at radius 2 is 1.88 bits per heavy atom. The average Bonchev–Trinajstić information content (AvgIpc) is 3.34. The zero-order valence-corrected chi connectivity index (χ0v) is 17.3. The molecule has 2 aromatic heterocycles. The van der Waals surface area contributed by atoms with E-state index in [1.54, 1.807) is 22.7 Å². The summed E-state index contributed by atoms with van der Waals surface area (Å²) in [6, 6.07) is 11.8. The van der Waals surface area contributed by atoms with Gasteiger partial charge in [-0.25, -0.2) is 4.98 Å². The van der Waals surface area contributed by atoms with Crippen molar-refractivity contribution in [1.29, 1.82) is 0 Å². The average molecular weight is 448 g/mol. The highest BCUT2D eigenvalue weighted by molar-refractivity contribution is 9.10. The fraction of sp³-hybridized carbons (Fsp3) is 0.263. The minimum atomic E-state index is 0.103. The molecule has 26 heavy (non-hydrogen) atoms. The van der Waals surface area contributed by atoms with E-state index >= 15 is 0 Å². The van der Waals surface area contributed by atoms with Gasteiger partial charge in [0.05, 0.1) is 22.7 Å². The Hall–Kier alpha value is -1.54. The summed E-state index contributed by atoms with van der Waals surface area (Å²) in [5.41, 5.74) is 1.81. The highest BCUT2D eigenvalue weighted by atomic mass is 79.9. The van der Waals surface area contributed by atoms with Crippen molar-refractivity contribution < 1.29 is 4.79 Å². The lowest BCUT2D eigenvalue weighted by molar-refractivity contribution is 0.0627. The molecule has 4 nitrogen and oxygen atoms in total. The number of aromatic nitrogens is 1. The van der Waals surface area contributed by atoms with E-state index in [-0.39, 0.29) is 5.91 Å². The molecule has 0 saturated carbocycles. The third-order valence-corrected chi connectivity index (χ3v) is 6.87. The number of nitrogens with zero attached hydrogens (tertiary/aromatic N) is 3. The summed E-state index contributed by atoms with van der Waals surface area (Å²) in [7, 11) is 0. The first-order valence-corrected chi connectivity index (χ1v) is 11.0. The zero-order chi connectivity index (χ0) is 17.9. The van der Waals surface area contributed by atoms with Crippen molar-refractivity contribution in [3.63, 3.8) is 0 Å². The van der Waals surface area contributed by atoms with Gasteiger partial charge in [-0.2, -0.15) is 0 Å². The molecule has 4 rings (SSSR count). The largest absolute Gasteiger partial charge is 0.336 e. The number of halogens is 1. The first-order valence-electron chi connectivity index (χ1n) is 8.45. The van der Waals surface area contributed by atoms with Crippen LogP contribution in [0.25, 0.3) is 10.6 Å². The van der Waals surface area contributed by atoms with Crippen LogP contribution < -0.4 is 0 Å². The van der Waals surface area contributed by atoms with Crippen LogP contribution in [0.3, 0.4) is 0 Å². The number of carbonyl (C=O) groups is 1. The third-order valence-electron chi connectivity index (χ3n) is 4.45. The SMILES string of the molecule is O=C(c1ccccc1Br)N1CCN(Cc2nc(-c3cccs3)cs2)CC1. The van der Waals surface area contributed by atoms with Crippen molar-refractivity contribution in [2.75, 3.05) is 26.2 Å². The second-order valence-electron chi connectivity index (χ2n) is 6.15. The zero-order valence-electron chi connectivity index (χ0n) is 14.1. The van der Waals surface area contributed by atoms with E-state index in [2.05, 4.69) is 43.7 Å². The summed E-state index contributed by atoms with van der Waals surface area (Å²) in [6.07, 6.45) is 0. The lowest BCUT2D eigenvalue weighted by Crippen LogP contribution is -2.48. The molecule has 1 amide bonds. The molecule has 134 valence electrons. The van der Waals surface area contributed by atoms with E-state index in [1.807, 2.05) is 29.2 Å². The van der Waals surface area contributed by atoms with E-state index in [4.69, 9.17) is 4.98 Å². The van der Waals surface area contributed by atoms with Crippen LogP contribution in [0.15, 0.2) is 51.6 Å². The molecule has 1 saturated heterocycles. The van der Waals surface area contributed by atoms with E-state index in [9.17, 15) is 4.79 Å². The number of hydrogen-bond acceptors (Lipinski definition) is 5. The molecule has 0 spiro atoms. The van der Waals surface area contributed by atoms with Crippen molar-refractivity contribution in [3.8, 4) is 10.6 Å². The fourth-order valence-corrected chi connectivity index (χ4v) is 5.08. The number of hydrogen-bond donors (Lipinski definition) is 0. The third kappa shape index (κ3) is 3.91. The van der Waals surface area contributed by atoms with Gasteiger partial charge in [-0.15, -0.1) is 22.7 Å². The van der Waals surface area contributed by atoms with Crippen molar-refractivity contribution in [3.05, 3.63) is 62.2 Å². The lowest BCUT2D eigenvalue weighted by atomic mass is 10.2. The van der Waals surface area contributed by atoms with Gasteiger partial charge in [0.25, 0.3) is 5.91 Å². The molecule has 3 aromatic rings. The monoisotopic (exact) mass is 447 g/mol. The van der Waals surface area contributed by atoms with Crippen LogP contribution in [0, 0.1) is 0 Å². The normalized spacial score (nSPS) is 15.3. The summed E-state index contributed by atoms with van der Waals surface area (Å²) >= 11 is 6.91. The summed E-state index contributed by atoms with van der Waals surface area (Å²) in [5, 5.41) is 5.35. The first-order chi connectivity index (χ1) is 12.7. The Kier molecular flexibility index (Phi) is 5.49. The molecular formula is C19H18BrN3OS2. The molecule has 0 bridgehead atoms. The van der Waals surface area contributed by atoms with Gasteiger partial charge in [-0.05, 0) is 39.5 Å². The number of amides is 1. The number of thiophene rings is 1. The van der Waals surface area contributed by atoms with E-state index in [0.717, 1.165) is 53.5 Å². The highest BCUT2D eigenvalue weighted by Crippen LogP contribution is 2.27. The van der Waals surface area contributed by atoms with Gasteiger partial charge in [0.1, 0.15) is 5.01 Å². The van der Waals surface area contributed by atoms with Crippen LogP contribution in [-0.2, 0) is 6.54 Å². The summed E-state index contributed by atoms with van der Waals surface area (Å²) in [6.45, 7) is 4.12. The van der Waals surface area contributed by atoms with Crippen LogP contribution in [0.2, 0.25) is 0 Å². The maximum Gasteiger partial charge on any atom is 0.255 e.